The SMILES string of the molecule is Cc1ccc2c(n1)oc1c(-c3c(-c4ccc(F)cc4)ccc[n+]3C)c(C)ccc12.Cc1ccc2c(n1)oc1c(-c3cc(-c4ccc(F)cc4)cc[n+]3C)c(C)ccc12.Cc1ccc2c(n1)oc1c(-c3ccc(-c4ccc(F)cc4)c[n+]3C)c(C)ccc12.Cc1ccc2c(n1)oc1c(-c3ccc(-c4cccc(F)c4)c[n+]3C)c(C)ccc12. The van der Waals surface area contributed by atoms with Crippen molar-refractivity contribution in [3.63, 3.8) is 0 Å². The average molecular weight is 1530 g/mol. The number of rotatable bonds is 8. The molecule has 0 spiro atoms. The van der Waals surface area contributed by atoms with Crippen LogP contribution in [0.25, 0.3) is 178 Å². The van der Waals surface area contributed by atoms with Crippen LogP contribution >= 0.6 is 0 Å². The fourth-order valence-corrected chi connectivity index (χ4v) is 15.7. The van der Waals surface area contributed by atoms with E-state index in [9.17, 15) is 17.6 Å². The fraction of sp³-hybridized carbons (Fsp3) is 0.120. The Kier molecular flexibility index (Phi) is 19.6. The summed E-state index contributed by atoms with van der Waals surface area (Å²) in [7, 11) is 8.06. The van der Waals surface area contributed by atoms with Gasteiger partial charge in [0.2, 0.25) is 45.6 Å². The third kappa shape index (κ3) is 14.1. The van der Waals surface area contributed by atoms with Gasteiger partial charge >= 0.3 is 0 Å². The van der Waals surface area contributed by atoms with Gasteiger partial charge < -0.3 is 17.7 Å². The van der Waals surface area contributed by atoms with Crippen LogP contribution in [-0.4, -0.2) is 19.9 Å². The molecule has 12 nitrogen and oxygen atoms in total. The standard InChI is InChI=1S/4C25H20FN2O/c1-15-4-11-20-21-12-5-16(2)27-25(21)29-24(20)23(15)22-13-8-18(14-28(22)3)17-6-9-19(26)10-7-17;1-15-4-10-20-21-11-5-16(2)27-25(21)29-24(20)23(15)22-14-18(12-13-28(22)3)17-6-8-19(26)9-7-17;1-15-6-12-20-21-13-7-16(2)27-25(21)29-24(20)22(15)23-19(5-4-14-28(23)3)17-8-10-18(26)11-9-17;1-15-7-10-20-21-11-8-16(2)27-25(21)29-24(20)23(15)22-12-9-18(14-28(22)3)17-5-4-6-19(26)13-17/h4*4-14H,1-3H3/q4*+1. The van der Waals surface area contributed by atoms with Crippen LogP contribution in [0.1, 0.15) is 45.0 Å². The molecule has 0 amide bonds. The van der Waals surface area contributed by atoms with Gasteiger partial charge in [-0.25, -0.2) is 55.8 Å². The molecular formula is C100H80F4N8O4+4. The van der Waals surface area contributed by atoms with Crippen LogP contribution in [0.4, 0.5) is 17.6 Å². The first kappa shape index (κ1) is 74.6. The third-order valence-electron chi connectivity index (χ3n) is 21.7. The van der Waals surface area contributed by atoms with Crippen molar-refractivity contribution in [2.45, 2.75) is 55.4 Å². The molecule has 12 heterocycles. The number of fused-ring (bicyclic) bond motifs is 12. The summed E-state index contributed by atoms with van der Waals surface area (Å²) < 4.78 is 87.0. The van der Waals surface area contributed by atoms with E-state index in [0.29, 0.717) is 22.9 Å². The van der Waals surface area contributed by atoms with Gasteiger partial charge in [0.15, 0.2) is 47.1 Å². The third-order valence-corrected chi connectivity index (χ3v) is 21.7. The van der Waals surface area contributed by atoms with Crippen molar-refractivity contribution in [1.29, 1.82) is 0 Å². The van der Waals surface area contributed by atoms with Gasteiger partial charge in [-0.3, -0.25) is 0 Å². The molecule has 0 bridgehead atoms. The number of furan rings is 4. The summed E-state index contributed by atoms with van der Waals surface area (Å²) in [5.74, 6) is -0.945. The molecule has 0 aliphatic carbocycles. The summed E-state index contributed by atoms with van der Waals surface area (Å²) in [5, 5.41) is 8.29. The van der Waals surface area contributed by atoms with Gasteiger partial charge in [-0.05, 0) is 221 Å². The van der Waals surface area contributed by atoms with Crippen LogP contribution in [0, 0.1) is 78.7 Å². The van der Waals surface area contributed by atoms with Gasteiger partial charge in [0, 0.05) is 107 Å². The highest BCUT2D eigenvalue weighted by Crippen LogP contribution is 2.43. The summed E-state index contributed by atoms with van der Waals surface area (Å²) in [4.78, 5) is 18.2. The molecule has 0 N–H and O–H groups in total. The topological polar surface area (TPSA) is 120 Å². The monoisotopic (exact) mass is 1530 g/mol. The Balaban J connectivity index is 0.000000111. The van der Waals surface area contributed by atoms with Crippen molar-refractivity contribution < 1.29 is 53.5 Å². The zero-order valence-electron chi connectivity index (χ0n) is 66.1. The van der Waals surface area contributed by atoms with Gasteiger partial charge in [0.1, 0.15) is 51.5 Å². The van der Waals surface area contributed by atoms with Crippen molar-refractivity contribution >= 4 is 88.3 Å². The number of hydrogen-bond donors (Lipinski definition) is 0. The highest BCUT2D eigenvalue weighted by Gasteiger charge is 2.29. The van der Waals surface area contributed by atoms with Crippen LogP contribution < -0.4 is 18.3 Å². The van der Waals surface area contributed by atoms with Crippen LogP contribution in [-0.2, 0) is 28.2 Å². The molecule has 0 unspecified atom stereocenters. The molecule has 0 saturated heterocycles. The highest BCUT2D eigenvalue weighted by molar-refractivity contribution is 6.12. The van der Waals surface area contributed by atoms with Crippen LogP contribution in [0.3, 0.4) is 0 Å². The Morgan fingerprint density at radius 2 is 0.595 bits per heavy atom. The number of pyridine rings is 8. The normalized spacial score (nSPS) is 11.4. The van der Waals surface area contributed by atoms with Gasteiger partial charge in [0.05, 0.1) is 27.8 Å². The Hall–Kier alpha value is -14.1. The molecule has 568 valence electrons. The van der Waals surface area contributed by atoms with Crippen molar-refractivity contribution in [2.75, 3.05) is 0 Å². The van der Waals surface area contributed by atoms with Gasteiger partial charge in [0.25, 0.3) is 0 Å². The Morgan fingerprint density at radius 1 is 0.250 bits per heavy atom. The van der Waals surface area contributed by atoms with Crippen molar-refractivity contribution in [3.8, 4) is 89.5 Å². The molecule has 116 heavy (non-hydrogen) atoms. The fourth-order valence-electron chi connectivity index (χ4n) is 15.7. The molecule has 8 aromatic carbocycles. The van der Waals surface area contributed by atoms with Crippen molar-refractivity contribution in [1.82, 2.24) is 19.9 Å². The van der Waals surface area contributed by atoms with E-state index in [2.05, 4.69) is 175 Å². The molecule has 12 aromatic heterocycles. The zero-order valence-corrected chi connectivity index (χ0v) is 66.1. The molecule has 0 fully saturated rings. The summed E-state index contributed by atoms with van der Waals surface area (Å²) in [6.07, 6.45) is 8.13. The molecule has 20 aromatic rings. The van der Waals surface area contributed by atoms with Gasteiger partial charge in [-0.1, -0.05) is 97.1 Å². The minimum atomic E-state index is -0.243. The van der Waals surface area contributed by atoms with Crippen LogP contribution in [0.15, 0.2) is 285 Å². The van der Waals surface area contributed by atoms with E-state index in [1.807, 2.05) is 135 Å². The predicted molar refractivity (Wildman–Crippen MR) is 452 cm³/mol. The number of nitrogens with zero attached hydrogens (tertiary/aromatic N) is 8. The first-order chi connectivity index (χ1) is 56.0. The van der Waals surface area contributed by atoms with E-state index in [-0.39, 0.29) is 23.3 Å². The Morgan fingerprint density at radius 3 is 1.00 bits per heavy atom. The van der Waals surface area contributed by atoms with E-state index in [4.69, 9.17) is 17.7 Å². The smallest absolute Gasteiger partial charge is 0.227 e. The maximum atomic E-state index is 13.6. The first-order valence-corrected chi connectivity index (χ1v) is 38.3. The summed E-state index contributed by atoms with van der Waals surface area (Å²) in [6.45, 7) is 16.2. The van der Waals surface area contributed by atoms with Crippen LogP contribution in [0.5, 0.6) is 0 Å². The van der Waals surface area contributed by atoms with Gasteiger partial charge in [-0.2, -0.15) is 0 Å². The Labute approximate surface area is 666 Å². The first-order valence-electron chi connectivity index (χ1n) is 38.3. The second-order valence-electron chi connectivity index (χ2n) is 29.8. The van der Waals surface area contributed by atoms with E-state index in [0.717, 1.165) is 200 Å². The lowest BCUT2D eigenvalue weighted by Gasteiger charge is -2.10. The van der Waals surface area contributed by atoms with Crippen molar-refractivity contribution in [3.05, 3.63) is 336 Å². The van der Waals surface area contributed by atoms with E-state index in [1.54, 1.807) is 36.4 Å². The molecular weight excluding hydrogens is 1450 g/mol. The molecule has 0 atom stereocenters. The number of aromatic nitrogens is 8. The summed E-state index contributed by atoms with van der Waals surface area (Å²) in [6, 6.07) is 76.0. The van der Waals surface area contributed by atoms with Crippen LogP contribution in [0.2, 0.25) is 0 Å². The number of halogens is 4. The largest absolute Gasteiger partial charge is 0.437 e. The molecule has 20 rings (SSSR count). The molecule has 0 radical (unpaired) electrons. The second-order valence-corrected chi connectivity index (χ2v) is 29.8. The van der Waals surface area contributed by atoms with Crippen molar-refractivity contribution in [2.24, 2.45) is 28.2 Å². The predicted octanol–water partition coefficient (Wildman–Crippen LogP) is 23.6. The minimum absolute atomic E-state index is 0.231. The molecule has 0 aliphatic heterocycles. The maximum Gasteiger partial charge on any atom is 0.227 e. The highest BCUT2D eigenvalue weighted by atomic mass is 19.1. The zero-order chi connectivity index (χ0) is 80.5. The number of benzene rings is 8. The lowest BCUT2D eigenvalue weighted by molar-refractivity contribution is -0.660. The second kappa shape index (κ2) is 30.4. The van der Waals surface area contributed by atoms with E-state index < -0.39 is 0 Å². The molecule has 0 aliphatic rings. The number of hydrogen-bond acceptors (Lipinski definition) is 8. The summed E-state index contributed by atoms with van der Waals surface area (Å²) >= 11 is 0. The molecule has 16 heteroatoms. The van der Waals surface area contributed by atoms with E-state index in [1.165, 1.54) is 42.5 Å². The van der Waals surface area contributed by atoms with E-state index >= 15 is 0 Å². The molecule has 0 saturated carbocycles. The number of aryl methyl sites for hydroxylation is 12. The summed E-state index contributed by atoms with van der Waals surface area (Å²) in [5.41, 5.74) is 30.3. The quantitative estimate of drug-likeness (QED) is 0.109. The average Bonchev–Trinajstić information content (AvgIpc) is 1.57. The minimum Gasteiger partial charge on any atom is -0.437 e. The lowest BCUT2D eigenvalue weighted by atomic mass is 9.94. The van der Waals surface area contributed by atoms with Gasteiger partial charge in [-0.15, -0.1) is 0 Å². The Bertz CT molecular complexity index is 7290. The lowest BCUT2D eigenvalue weighted by Crippen LogP contribution is -2.31. The maximum absolute atomic E-state index is 13.6.